The van der Waals surface area contributed by atoms with Crippen molar-refractivity contribution in [2.75, 3.05) is 19.6 Å². The minimum atomic E-state index is -0.656. The molecule has 3 N–H and O–H groups in total. The smallest absolute Gasteiger partial charge is 0.315 e. The average molecular weight is 317 g/mol. The second kappa shape index (κ2) is 7.32. The number of aliphatic hydroxyl groups is 1. The molecule has 126 valence electrons. The minimum absolute atomic E-state index is 0.146. The molecule has 0 atom stereocenters. The Bertz CT molecular complexity index is 508. The normalized spacial score (nSPS) is 21.4. The van der Waals surface area contributed by atoms with Crippen LogP contribution >= 0.6 is 0 Å². The number of hydrogen-bond donors (Lipinski definition) is 3. The highest BCUT2D eigenvalue weighted by atomic mass is 16.3. The molecule has 1 aliphatic carbocycles. The fourth-order valence-corrected chi connectivity index (χ4v) is 3.32. The van der Waals surface area contributed by atoms with Crippen LogP contribution in [0.15, 0.2) is 30.3 Å². The highest BCUT2D eigenvalue weighted by Gasteiger charge is 2.34. The van der Waals surface area contributed by atoms with Crippen LogP contribution in [-0.4, -0.2) is 47.3 Å². The molecule has 0 aromatic heterocycles. The van der Waals surface area contributed by atoms with Gasteiger partial charge < -0.3 is 15.7 Å². The van der Waals surface area contributed by atoms with Gasteiger partial charge in [0.15, 0.2) is 0 Å². The third-order valence-electron chi connectivity index (χ3n) is 5.03. The van der Waals surface area contributed by atoms with Crippen LogP contribution in [0.3, 0.4) is 0 Å². The number of urea groups is 1. The molecular weight excluding hydrogens is 290 g/mol. The summed E-state index contributed by atoms with van der Waals surface area (Å²) in [6.45, 7) is 3.35. The van der Waals surface area contributed by atoms with E-state index in [1.807, 2.05) is 6.07 Å². The fraction of sp³-hybridized carbons (Fsp3) is 0.611. The van der Waals surface area contributed by atoms with Crippen molar-refractivity contribution in [3.63, 3.8) is 0 Å². The van der Waals surface area contributed by atoms with Crippen molar-refractivity contribution in [2.24, 2.45) is 0 Å². The summed E-state index contributed by atoms with van der Waals surface area (Å²) >= 11 is 0. The van der Waals surface area contributed by atoms with Crippen LogP contribution in [0.1, 0.15) is 37.7 Å². The largest absolute Gasteiger partial charge is 0.388 e. The van der Waals surface area contributed by atoms with Crippen LogP contribution in [0.5, 0.6) is 0 Å². The number of carbonyl (C=O) groups is 1. The monoisotopic (exact) mass is 317 g/mol. The number of benzene rings is 1. The van der Waals surface area contributed by atoms with Gasteiger partial charge in [-0.3, -0.25) is 4.90 Å². The first-order chi connectivity index (χ1) is 11.1. The van der Waals surface area contributed by atoms with E-state index >= 15 is 0 Å². The first kappa shape index (κ1) is 16.3. The summed E-state index contributed by atoms with van der Waals surface area (Å²) in [5, 5.41) is 15.8. The summed E-state index contributed by atoms with van der Waals surface area (Å²) in [5.74, 6) is 0. The van der Waals surface area contributed by atoms with Crippen molar-refractivity contribution in [1.29, 1.82) is 0 Å². The Morgan fingerprint density at radius 1 is 1.22 bits per heavy atom. The third kappa shape index (κ3) is 4.69. The number of nitrogens with one attached hydrogen (secondary N) is 2. The van der Waals surface area contributed by atoms with Gasteiger partial charge >= 0.3 is 6.03 Å². The molecule has 1 aromatic rings. The standard InChI is InChI=1S/C18H27N3O2/c22-17(19-14-18(23)9-4-10-18)20-16-7-11-21(12-8-16)13-15-5-2-1-3-6-15/h1-3,5-6,16,23H,4,7-14H2,(H2,19,20,22). The molecule has 2 amide bonds. The van der Waals surface area contributed by atoms with Gasteiger partial charge in [0.25, 0.3) is 0 Å². The molecular formula is C18H27N3O2. The average Bonchev–Trinajstić information content (AvgIpc) is 2.54. The molecule has 3 rings (SSSR count). The highest BCUT2D eigenvalue weighted by molar-refractivity contribution is 5.74. The van der Waals surface area contributed by atoms with Gasteiger partial charge in [0.2, 0.25) is 0 Å². The van der Waals surface area contributed by atoms with E-state index in [2.05, 4.69) is 39.8 Å². The number of piperidine rings is 1. The second-order valence-electron chi connectivity index (χ2n) is 6.94. The van der Waals surface area contributed by atoms with Gasteiger partial charge in [-0.1, -0.05) is 30.3 Å². The van der Waals surface area contributed by atoms with E-state index in [1.165, 1.54) is 5.56 Å². The van der Waals surface area contributed by atoms with Gasteiger partial charge in [0.1, 0.15) is 0 Å². The zero-order valence-corrected chi connectivity index (χ0v) is 13.6. The zero-order valence-electron chi connectivity index (χ0n) is 13.6. The first-order valence-corrected chi connectivity index (χ1v) is 8.66. The lowest BCUT2D eigenvalue weighted by molar-refractivity contribution is -0.0291. The van der Waals surface area contributed by atoms with E-state index < -0.39 is 5.60 Å². The van der Waals surface area contributed by atoms with Crippen molar-refractivity contribution in [2.45, 2.75) is 50.3 Å². The summed E-state index contributed by atoms with van der Waals surface area (Å²) in [6, 6.07) is 10.6. The Hall–Kier alpha value is -1.59. The topological polar surface area (TPSA) is 64.6 Å². The van der Waals surface area contributed by atoms with Crippen molar-refractivity contribution in [3.05, 3.63) is 35.9 Å². The van der Waals surface area contributed by atoms with E-state index in [4.69, 9.17) is 0 Å². The summed E-state index contributed by atoms with van der Waals surface area (Å²) in [6.07, 6.45) is 4.60. The third-order valence-corrected chi connectivity index (χ3v) is 5.03. The number of likely N-dealkylation sites (tertiary alicyclic amines) is 1. The summed E-state index contributed by atoms with van der Waals surface area (Å²) in [7, 11) is 0. The maximum Gasteiger partial charge on any atom is 0.315 e. The lowest BCUT2D eigenvalue weighted by Crippen LogP contribution is -2.53. The van der Waals surface area contributed by atoms with Crippen molar-refractivity contribution in [1.82, 2.24) is 15.5 Å². The predicted octanol–water partition coefficient (Wildman–Crippen LogP) is 1.87. The molecule has 1 aliphatic heterocycles. The molecule has 0 radical (unpaired) electrons. The zero-order chi connectivity index (χ0) is 16.1. The molecule has 1 aromatic carbocycles. The molecule has 1 saturated carbocycles. The molecule has 0 unspecified atom stereocenters. The summed E-state index contributed by atoms with van der Waals surface area (Å²) in [4.78, 5) is 14.4. The van der Waals surface area contributed by atoms with Gasteiger partial charge in [0.05, 0.1) is 5.60 Å². The van der Waals surface area contributed by atoms with E-state index in [0.29, 0.717) is 6.54 Å². The Labute approximate surface area is 138 Å². The fourth-order valence-electron chi connectivity index (χ4n) is 3.32. The van der Waals surface area contributed by atoms with Crippen LogP contribution in [0.25, 0.3) is 0 Å². The van der Waals surface area contributed by atoms with Gasteiger partial charge in [-0.2, -0.15) is 0 Å². The molecule has 1 saturated heterocycles. The Balaban J connectivity index is 1.35. The molecule has 2 aliphatic rings. The number of rotatable bonds is 5. The van der Waals surface area contributed by atoms with Crippen molar-refractivity contribution in [3.8, 4) is 0 Å². The summed E-state index contributed by atoms with van der Waals surface area (Å²) in [5.41, 5.74) is 0.682. The first-order valence-electron chi connectivity index (χ1n) is 8.66. The minimum Gasteiger partial charge on any atom is -0.388 e. The van der Waals surface area contributed by atoms with E-state index in [9.17, 15) is 9.90 Å². The number of nitrogens with zero attached hydrogens (tertiary/aromatic N) is 1. The number of carbonyl (C=O) groups excluding carboxylic acids is 1. The number of hydrogen-bond acceptors (Lipinski definition) is 3. The Morgan fingerprint density at radius 2 is 1.91 bits per heavy atom. The molecule has 0 bridgehead atoms. The SMILES string of the molecule is O=C(NCC1(O)CCC1)NC1CCN(Cc2ccccc2)CC1. The van der Waals surface area contributed by atoms with Crippen LogP contribution < -0.4 is 10.6 Å². The van der Waals surface area contributed by atoms with Gasteiger partial charge in [0, 0.05) is 32.2 Å². The van der Waals surface area contributed by atoms with Crippen molar-refractivity contribution < 1.29 is 9.90 Å². The number of amides is 2. The predicted molar refractivity (Wildman–Crippen MR) is 90.1 cm³/mol. The molecule has 5 nitrogen and oxygen atoms in total. The van der Waals surface area contributed by atoms with Gasteiger partial charge in [-0.15, -0.1) is 0 Å². The molecule has 1 heterocycles. The maximum absolute atomic E-state index is 11.9. The van der Waals surface area contributed by atoms with Gasteiger partial charge in [-0.05, 0) is 37.7 Å². The molecule has 5 heteroatoms. The van der Waals surface area contributed by atoms with Gasteiger partial charge in [-0.25, -0.2) is 4.79 Å². The lowest BCUT2D eigenvalue weighted by atomic mass is 9.80. The van der Waals surface area contributed by atoms with E-state index in [0.717, 1.165) is 51.7 Å². The Kier molecular flexibility index (Phi) is 5.18. The Morgan fingerprint density at radius 3 is 2.52 bits per heavy atom. The quantitative estimate of drug-likeness (QED) is 0.777. The molecule has 0 spiro atoms. The van der Waals surface area contributed by atoms with Crippen LogP contribution in [0.4, 0.5) is 4.79 Å². The lowest BCUT2D eigenvalue weighted by Gasteiger charge is -2.37. The van der Waals surface area contributed by atoms with E-state index in [-0.39, 0.29) is 12.1 Å². The molecule has 23 heavy (non-hydrogen) atoms. The van der Waals surface area contributed by atoms with E-state index in [1.54, 1.807) is 0 Å². The van der Waals surface area contributed by atoms with Crippen LogP contribution in [0.2, 0.25) is 0 Å². The van der Waals surface area contributed by atoms with Crippen LogP contribution in [0, 0.1) is 0 Å². The maximum atomic E-state index is 11.9. The highest BCUT2D eigenvalue weighted by Crippen LogP contribution is 2.30. The van der Waals surface area contributed by atoms with Crippen molar-refractivity contribution >= 4 is 6.03 Å². The second-order valence-corrected chi connectivity index (χ2v) is 6.94. The molecule has 2 fully saturated rings. The van der Waals surface area contributed by atoms with Crippen LogP contribution in [-0.2, 0) is 6.54 Å². The summed E-state index contributed by atoms with van der Waals surface area (Å²) < 4.78 is 0.